The first-order valence-corrected chi connectivity index (χ1v) is 5.63. The normalized spacial score (nSPS) is 24.0. The van der Waals surface area contributed by atoms with Crippen molar-refractivity contribution in [2.24, 2.45) is 0 Å². The highest BCUT2D eigenvalue weighted by atomic mass is 32.2. The van der Waals surface area contributed by atoms with E-state index in [1.807, 2.05) is 11.8 Å². The maximum absolute atomic E-state index is 11.2. The van der Waals surface area contributed by atoms with Crippen LogP contribution in [0.3, 0.4) is 0 Å². The van der Waals surface area contributed by atoms with E-state index >= 15 is 0 Å². The summed E-state index contributed by atoms with van der Waals surface area (Å²) in [7, 11) is 0. The van der Waals surface area contributed by atoms with E-state index in [2.05, 4.69) is 10.6 Å². The van der Waals surface area contributed by atoms with E-state index in [1.54, 1.807) is 6.92 Å². The Hall–Kier alpha value is -0.420. The monoisotopic (exact) mass is 204 g/mol. The highest BCUT2D eigenvalue weighted by Crippen LogP contribution is 2.16. The summed E-state index contributed by atoms with van der Waals surface area (Å²) >= 11 is 1.86. The number of thioether (sulfide) groups is 1. The maximum Gasteiger partial charge on any atom is 0.315 e. The van der Waals surface area contributed by atoms with Gasteiger partial charge in [-0.1, -0.05) is 0 Å². The molecule has 1 fully saturated rings. The van der Waals surface area contributed by atoms with E-state index in [4.69, 9.17) is 5.11 Å². The van der Waals surface area contributed by atoms with Gasteiger partial charge in [-0.25, -0.2) is 4.79 Å². The minimum Gasteiger partial charge on any atom is -0.394 e. The smallest absolute Gasteiger partial charge is 0.315 e. The van der Waals surface area contributed by atoms with Gasteiger partial charge in [0.2, 0.25) is 0 Å². The van der Waals surface area contributed by atoms with Crippen LogP contribution in [0.4, 0.5) is 4.79 Å². The predicted octanol–water partition coefficient (Wildman–Crippen LogP) is 0.172. The van der Waals surface area contributed by atoms with Gasteiger partial charge in [0.1, 0.15) is 0 Å². The van der Waals surface area contributed by atoms with Gasteiger partial charge < -0.3 is 15.7 Å². The fourth-order valence-electron chi connectivity index (χ4n) is 1.14. The molecule has 5 heteroatoms. The zero-order valence-corrected chi connectivity index (χ0v) is 8.56. The molecule has 0 aliphatic carbocycles. The van der Waals surface area contributed by atoms with Crippen molar-refractivity contribution in [1.29, 1.82) is 0 Å². The Morgan fingerprint density at radius 1 is 1.77 bits per heavy atom. The number of hydrogen-bond donors (Lipinski definition) is 3. The van der Waals surface area contributed by atoms with Gasteiger partial charge in [0.15, 0.2) is 0 Å². The number of urea groups is 1. The third kappa shape index (κ3) is 3.87. The predicted molar refractivity (Wildman–Crippen MR) is 53.9 cm³/mol. The van der Waals surface area contributed by atoms with Crippen LogP contribution < -0.4 is 10.6 Å². The van der Waals surface area contributed by atoms with Crippen molar-refractivity contribution in [2.75, 3.05) is 18.1 Å². The van der Waals surface area contributed by atoms with Crippen molar-refractivity contribution >= 4 is 17.8 Å². The number of carbonyl (C=O) groups excluding carboxylic acids is 1. The van der Waals surface area contributed by atoms with Crippen LogP contribution in [0.1, 0.15) is 13.3 Å². The number of aliphatic hydroxyl groups is 1. The molecule has 1 saturated heterocycles. The van der Waals surface area contributed by atoms with Gasteiger partial charge in [-0.15, -0.1) is 0 Å². The highest BCUT2D eigenvalue weighted by Gasteiger charge is 2.17. The molecule has 3 N–H and O–H groups in total. The molecule has 0 bridgehead atoms. The molecule has 76 valence electrons. The number of rotatable bonds is 3. The van der Waals surface area contributed by atoms with Gasteiger partial charge in [0.05, 0.1) is 12.6 Å². The minimum atomic E-state index is -0.172. The molecule has 0 radical (unpaired) electrons. The van der Waals surface area contributed by atoms with Crippen molar-refractivity contribution in [3.63, 3.8) is 0 Å². The van der Waals surface area contributed by atoms with E-state index in [0.717, 1.165) is 17.9 Å². The van der Waals surface area contributed by atoms with Crippen molar-refractivity contribution < 1.29 is 9.90 Å². The lowest BCUT2D eigenvalue weighted by molar-refractivity contribution is 0.218. The van der Waals surface area contributed by atoms with Crippen LogP contribution in [0, 0.1) is 0 Å². The Bertz CT molecular complexity index is 172. The number of nitrogens with one attached hydrogen (secondary N) is 2. The lowest BCUT2D eigenvalue weighted by atomic mass is 10.3. The average Bonchev–Trinajstić information content (AvgIpc) is 2.56. The SMILES string of the molecule is CC(CO)NC(=O)NC1CCSC1. The molecule has 1 aliphatic rings. The van der Waals surface area contributed by atoms with Gasteiger partial charge in [-0.3, -0.25) is 0 Å². The zero-order chi connectivity index (χ0) is 9.68. The quantitative estimate of drug-likeness (QED) is 0.614. The summed E-state index contributed by atoms with van der Waals surface area (Å²) in [5, 5.41) is 14.2. The topological polar surface area (TPSA) is 61.4 Å². The van der Waals surface area contributed by atoms with Gasteiger partial charge in [-0.05, 0) is 19.1 Å². The average molecular weight is 204 g/mol. The molecule has 0 aromatic heterocycles. The lowest BCUT2D eigenvalue weighted by Gasteiger charge is -2.15. The van der Waals surface area contributed by atoms with Crippen LogP contribution in [-0.4, -0.2) is 41.3 Å². The molecule has 2 amide bonds. The Balaban J connectivity index is 2.16. The molecule has 2 atom stereocenters. The number of amides is 2. The summed E-state index contributed by atoms with van der Waals surface area (Å²) in [6.07, 6.45) is 1.05. The molecule has 0 aromatic rings. The first kappa shape index (κ1) is 10.7. The summed E-state index contributed by atoms with van der Waals surface area (Å²) < 4.78 is 0. The maximum atomic E-state index is 11.2. The van der Waals surface area contributed by atoms with E-state index in [9.17, 15) is 4.79 Å². The molecule has 0 spiro atoms. The van der Waals surface area contributed by atoms with Crippen LogP contribution in [0.15, 0.2) is 0 Å². The van der Waals surface area contributed by atoms with Gasteiger partial charge in [0, 0.05) is 11.8 Å². The van der Waals surface area contributed by atoms with Crippen molar-refractivity contribution in [1.82, 2.24) is 10.6 Å². The van der Waals surface area contributed by atoms with Crippen LogP contribution in [-0.2, 0) is 0 Å². The summed E-state index contributed by atoms with van der Waals surface area (Å²) in [6, 6.07) is -0.0426. The van der Waals surface area contributed by atoms with Gasteiger partial charge in [0.25, 0.3) is 0 Å². The fraction of sp³-hybridized carbons (Fsp3) is 0.875. The first-order valence-electron chi connectivity index (χ1n) is 4.48. The summed E-state index contributed by atoms with van der Waals surface area (Å²) in [4.78, 5) is 11.2. The Morgan fingerprint density at radius 2 is 2.54 bits per heavy atom. The van der Waals surface area contributed by atoms with E-state index in [-0.39, 0.29) is 18.7 Å². The van der Waals surface area contributed by atoms with Crippen LogP contribution >= 0.6 is 11.8 Å². The van der Waals surface area contributed by atoms with Crippen LogP contribution in [0.5, 0.6) is 0 Å². The summed E-state index contributed by atoms with van der Waals surface area (Å²) in [5.74, 6) is 2.13. The van der Waals surface area contributed by atoms with Gasteiger partial charge in [-0.2, -0.15) is 11.8 Å². The molecule has 1 aliphatic heterocycles. The lowest BCUT2D eigenvalue weighted by Crippen LogP contribution is -2.46. The van der Waals surface area contributed by atoms with E-state index < -0.39 is 0 Å². The second-order valence-electron chi connectivity index (χ2n) is 3.26. The molecule has 1 rings (SSSR count). The highest BCUT2D eigenvalue weighted by molar-refractivity contribution is 7.99. The third-order valence-electron chi connectivity index (χ3n) is 1.92. The molecule has 4 nitrogen and oxygen atoms in total. The minimum absolute atomic E-state index is 0.0210. The molecular weight excluding hydrogens is 188 g/mol. The van der Waals surface area contributed by atoms with Crippen LogP contribution in [0.2, 0.25) is 0 Å². The number of aliphatic hydroxyl groups excluding tert-OH is 1. The number of hydrogen-bond acceptors (Lipinski definition) is 3. The van der Waals surface area contributed by atoms with E-state index in [1.165, 1.54) is 0 Å². The first-order chi connectivity index (χ1) is 6.22. The van der Waals surface area contributed by atoms with Gasteiger partial charge >= 0.3 is 6.03 Å². The standard InChI is InChI=1S/C8H16N2O2S/c1-6(4-11)9-8(12)10-7-2-3-13-5-7/h6-7,11H,2-5H2,1H3,(H2,9,10,12). The van der Waals surface area contributed by atoms with E-state index in [0.29, 0.717) is 6.04 Å². The Labute approximate surface area is 82.5 Å². The zero-order valence-electron chi connectivity index (χ0n) is 7.75. The molecule has 1 heterocycles. The third-order valence-corrected chi connectivity index (χ3v) is 3.08. The second kappa shape index (κ2) is 5.34. The molecular formula is C8H16N2O2S. The largest absolute Gasteiger partial charge is 0.394 e. The molecule has 2 unspecified atom stereocenters. The van der Waals surface area contributed by atoms with Crippen LogP contribution in [0.25, 0.3) is 0 Å². The van der Waals surface area contributed by atoms with Crippen molar-refractivity contribution in [2.45, 2.75) is 25.4 Å². The number of carbonyl (C=O) groups is 1. The summed E-state index contributed by atoms with van der Waals surface area (Å²) in [6.45, 7) is 1.75. The van der Waals surface area contributed by atoms with Crippen molar-refractivity contribution in [3.05, 3.63) is 0 Å². The molecule has 13 heavy (non-hydrogen) atoms. The Morgan fingerprint density at radius 3 is 3.08 bits per heavy atom. The fourth-order valence-corrected chi connectivity index (χ4v) is 2.30. The van der Waals surface area contributed by atoms with Crippen molar-refractivity contribution in [3.8, 4) is 0 Å². The second-order valence-corrected chi connectivity index (χ2v) is 4.41. The molecule has 0 aromatic carbocycles. The Kier molecular flexibility index (Phi) is 4.38. The summed E-state index contributed by atoms with van der Waals surface area (Å²) in [5.41, 5.74) is 0. The molecule has 0 saturated carbocycles.